The molecule has 0 atom stereocenters. The molecule has 24 heavy (non-hydrogen) atoms. The predicted molar refractivity (Wildman–Crippen MR) is 94.2 cm³/mol. The van der Waals surface area contributed by atoms with E-state index in [1.165, 1.54) is 18.4 Å². The Morgan fingerprint density at radius 1 is 1.33 bits per heavy atom. The molecule has 1 amide bonds. The fourth-order valence-corrected chi connectivity index (χ4v) is 5.00. The summed E-state index contributed by atoms with van der Waals surface area (Å²) in [4.78, 5) is 14.7. The van der Waals surface area contributed by atoms with E-state index >= 15 is 0 Å². The van der Waals surface area contributed by atoms with Gasteiger partial charge in [0.2, 0.25) is 0 Å². The first-order valence-corrected chi connectivity index (χ1v) is 9.72. The molecule has 1 aromatic carbocycles. The van der Waals surface area contributed by atoms with E-state index in [0.29, 0.717) is 12.2 Å². The lowest BCUT2D eigenvalue weighted by Gasteiger charge is -2.17. The summed E-state index contributed by atoms with van der Waals surface area (Å²) in [7, 11) is -2.14. The SMILES string of the molecule is COCC(=O)N1CCc2ccc(NS(=O)(=O)c3ccc(C)s3)cc21. The Morgan fingerprint density at radius 2 is 2.12 bits per heavy atom. The van der Waals surface area contributed by atoms with E-state index in [9.17, 15) is 13.2 Å². The zero-order chi connectivity index (χ0) is 17.3. The molecule has 0 spiro atoms. The number of ether oxygens (including phenoxy) is 1. The number of benzene rings is 1. The van der Waals surface area contributed by atoms with Gasteiger partial charge < -0.3 is 9.64 Å². The monoisotopic (exact) mass is 366 g/mol. The minimum Gasteiger partial charge on any atom is -0.375 e. The second-order valence-electron chi connectivity index (χ2n) is 5.54. The van der Waals surface area contributed by atoms with Gasteiger partial charge in [-0.15, -0.1) is 11.3 Å². The van der Waals surface area contributed by atoms with Crippen LogP contribution in [0.4, 0.5) is 11.4 Å². The average molecular weight is 366 g/mol. The number of aryl methyl sites for hydroxylation is 1. The number of thiophene rings is 1. The van der Waals surface area contributed by atoms with Gasteiger partial charge in [0.25, 0.3) is 15.9 Å². The van der Waals surface area contributed by atoms with Crippen LogP contribution < -0.4 is 9.62 Å². The van der Waals surface area contributed by atoms with Crippen LogP contribution in [-0.4, -0.2) is 34.6 Å². The Hall–Kier alpha value is -1.90. The third-order valence-electron chi connectivity index (χ3n) is 3.78. The molecule has 0 radical (unpaired) electrons. The van der Waals surface area contributed by atoms with Gasteiger partial charge in [-0.05, 0) is 43.2 Å². The normalized spacial score (nSPS) is 13.8. The second-order valence-corrected chi connectivity index (χ2v) is 8.74. The quantitative estimate of drug-likeness (QED) is 0.882. The Kier molecular flexibility index (Phi) is 4.62. The van der Waals surface area contributed by atoms with Crippen molar-refractivity contribution in [3.8, 4) is 0 Å². The first kappa shape index (κ1) is 16.9. The van der Waals surface area contributed by atoms with Crippen molar-refractivity contribution in [1.82, 2.24) is 0 Å². The van der Waals surface area contributed by atoms with E-state index in [1.54, 1.807) is 29.2 Å². The molecule has 0 saturated heterocycles. The van der Waals surface area contributed by atoms with Crippen molar-refractivity contribution in [2.45, 2.75) is 17.6 Å². The molecule has 1 aliphatic rings. The summed E-state index contributed by atoms with van der Waals surface area (Å²) in [6.45, 7) is 2.44. The minimum absolute atomic E-state index is 0.00384. The molecule has 8 heteroatoms. The summed E-state index contributed by atoms with van der Waals surface area (Å²) in [5, 5.41) is 0. The number of carbonyl (C=O) groups is 1. The number of sulfonamides is 1. The molecular weight excluding hydrogens is 348 g/mol. The van der Waals surface area contributed by atoms with E-state index < -0.39 is 10.0 Å². The van der Waals surface area contributed by atoms with Gasteiger partial charge in [0.05, 0.1) is 5.69 Å². The predicted octanol–water partition coefficient (Wildman–Crippen LogP) is 2.39. The van der Waals surface area contributed by atoms with Crippen molar-refractivity contribution in [2.24, 2.45) is 0 Å². The zero-order valence-electron chi connectivity index (χ0n) is 13.4. The zero-order valence-corrected chi connectivity index (χ0v) is 15.0. The molecule has 128 valence electrons. The first-order chi connectivity index (χ1) is 11.4. The molecule has 1 aliphatic heterocycles. The van der Waals surface area contributed by atoms with E-state index in [0.717, 1.165) is 22.5 Å². The lowest BCUT2D eigenvalue weighted by Crippen LogP contribution is -2.32. The molecule has 1 aromatic heterocycles. The van der Waals surface area contributed by atoms with Crippen LogP contribution in [0.2, 0.25) is 0 Å². The van der Waals surface area contributed by atoms with Gasteiger partial charge in [-0.3, -0.25) is 9.52 Å². The molecule has 3 rings (SSSR count). The van der Waals surface area contributed by atoms with Crippen molar-refractivity contribution in [3.05, 3.63) is 40.8 Å². The van der Waals surface area contributed by atoms with Crippen molar-refractivity contribution in [2.75, 3.05) is 29.9 Å². The lowest BCUT2D eigenvalue weighted by molar-refractivity contribution is -0.122. The molecule has 0 fully saturated rings. The lowest BCUT2D eigenvalue weighted by atomic mass is 10.1. The molecule has 0 aliphatic carbocycles. The Labute approximate surface area is 145 Å². The molecule has 6 nitrogen and oxygen atoms in total. The second kappa shape index (κ2) is 6.54. The number of anilines is 2. The van der Waals surface area contributed by atoms with Gasteiger partial charge >= 0.3 is 0 Å². The largest absolute Gasteiger partial charge is 0.375 e. The van der Waals surface area contributed by atoms with Crippen molar-refractivity contribution in [1.29, 1.82) is 0 Å². The standard InChI is InChI=1S/C16H18N2O4S2/c1-11-3-6-16(23-11)24(20,21)17-13-5-4-12-7-8-18(14(12)9-13)15(19)10-22-2/h3-6,9,17H,7-8,10H2,1-2H3. The Balaban J connectivity index is 1.86. The topological polar surface area (TPSA) is 75.7 Å². The summed E-state index contributed by atoms with van der Waals surface area (Å²) < 4.78 is 32.6. The number of fused-ring (bicyclic) bond motifs is 1. The highest BCUT2D eigenvalue weighted by Gasteiger charge is 2.25. The molecule has 0 saturated carbocycles. The fraction of sp³-hybridized carbons (Fsp3) is 0.312. The first-order valence-electron chi connectivity index (χ1n) is 7.42. The van der Waals surface area contributed by atoms with Crippen molar-refractivity contribution < 1.29 is 17.9 Å². The summed E-state index contributed by atoms with van der Waals surface area (Å²) in [5.41, 5.74) is 2.20. The summed E-state index contributed by atoms with van der Waals surface area (Å²) in [5.74, 6) is -0.134. The van der Waals surface area contributed by atoms with Gasteiger partial charge in [0.15, 0.2) is 0 Å². The van der Waals surface area contributed by atoms with Crippen LogP contribution in [0.15, 0.2) is 34.5 Å². The minimum atomic E-state index is -3.62. The molecule has 2 heterocycles. The highest BCUT2D eigenvalue weighted by molar-refractivity contribution is 7.94. The third-order valence-corrected chi connectivity index (χ3v) is 6.66. The van der Waals surface area contributed by atoms with Crippen molar-refractivity contribution >= 4 is 38.6 Å². The summed E-state index contributed by atoms with van der Waals surface area (Å²) >= 11 is 1.22. The number of hydrogen-bond acceptors (Lipinski definition) is 5. The Bertz CT molecular complexity index is 874. The van der Waals surface area contributed by atoms with Gasteiger partial charge in [0, 0.05) is 24.2 Å². The average Bonchev–Trinajstić information content (AvgIpc) is 3.13. The fourth-order valence-electron chi connectivity index (χ4n) is 2.67. The summed E-state index contributed by atoms with van der Waals surface area (Å²) in [6, 6.07) is 8.64. The molecule has 1 N–H and O–H groups in total. The van der Waals surface area contributed by atoms with Crippen LogP contribution in [-0.2, 0) is 26.0 Å². The number of rotatable bonds is 5. The number of amides is 1. The molecular formula is C16H18N2O4S2. The van der Waals surface area contributed by atoms with Gasteiger partial charge in [-0.1, -0.05) is 6.07 Å². The van der Waals surface area contributed by atoms with Crippen LogP contribution in [0.1, 0.15) is 10.4 Å². The third kappa shape index (κ3) is 3.31. The number of nitrogens with zero attached hydrogens (tertiary/aromatic N) is 1. The van der Waals surface area contributed by atoms with E-state index in [2.05, 4.69) is 4.72 Å². The number of hydrogen-bond donors (Lipinski definition) is 1. The van der Waals surface area contributed by atoms with E-state index in [-0.39, 0.29) is 16.7 Å². The van der Waals surface area contributed by atoms with Gasteiger partial charge in [0.1, 0.15) is 10.8 Å². The van der Waals surface area contributed by atoms with Crippen molar-refractivity contribution in [3.63, 3.8) is 0 Å². The smallest absolute Gasteiger partial charge is 0.271 e. The molecule has 2 aromatic rings. The maximum absolute atomic E-state index is 12.4. The van der Waals surface area contributed by atoms with E-state index in [1.807, 2.05) is 13.0 Å². The summed E-state index contributed by atoms with van der Waals surface area (Å²) in [6.07, 6.45) is 0.752. The van der Waals surface area contributed by atoms with Crippen LogP contribution in [0.25, 0.3) is 0 Å². The number of methoxy groups -OCH3 is 1. The maximum atomic E-state index is 12.4. The van der Waals surface area contributed by atoms with Crippen LogP contribution in [0, 0.1) is 6.92 Å². The van der Waals surface area contributed by atoms with E-state index in [4.69, 9.17) is 4.74 Å². The highest BCUT2D eigenvalue weighted by atomic mass is 32.2. The number of nitrogens with one attached hydrogen (secondary N) is 1. The maximum Gasteiger partial charge on any atom is 0.271 e. The molecule has 0 bridgehead atoms. The number of carbonyl (C=O) groups excluding carboxylic acids is 1. The van der Waals surface area contributed by atoms with Crippen LogP contribution in [0.3, 0.4) is 0 Å². The highest BCUT2D eigenvalue weighted by Crippen LogP contribution is 2.32. The molecule has 0 unspecified atom stereocenters. The Morgan fingerprint density at radius 3 is 2.79 bits per heavy atom. The van der Waals surface area contributed by atoms with Crippen LogP contribution >= 0.6 is 11.3 Å². The van der Waals surface area contributed by atoms with Gasteiger partial charge in [-0.25, -0.2) is 8.42 Å². The van der Waals surface area contributed by atoms with Gasteiger partial charge in [-0.2, -0.15) is 0 Å². The van der Waals surface area contributed by atoms with Crippen LogP contribution in [0.5, 0.6) is 0 Å².